The van der Waals surface area contributed by atoms with Crippen LogP contribution in [-0.2, 0) is 7.05 Å². The lowest BCUT2D eigenvalue weighted by Gasteiger charge is -2.24. The van der Waals surface area contributed by atoms with E-state index in [-0.39, 0.29) is 6.04 Å². The van der Waals surface area contributed by atoms with E-state index in [0.29, 0.717) is 0 Å². The monoisotopic (exact) mass is 307 g/mol. The molecule has 116 valence electrons. The van der Waals surface area contributed by atoms with Gasteiger partial charge in [0.2, 0.25) is 0 Å². The van der Waals surface area contributed by atoms with Crippen molar-refractivity contribution in [2.24, 2.45) is 7.05 Å². The molecule has 0 fully saturated rings. The minimum absolute atomic E-state index is 0.0423. The number of hydrogen-bond donors (Lipinski definition) is 0. The summed E-state index contributed by atoms with van der Waals surface area (Å²) in [6.07, 6.45) is 3.37. The smallest absolute Gasteiger partial charge is 0.163 e. The van der Waals surface area contributed by atoms with E-state index in [9.17, 15) is 0 Å². The van der Waals surface area contributed by atoms with E-state index >= 15 is 0 Å². The van der Waals surface area contributed by atoms with E-state index in [4.69, 9.17) is 4.42 Å². The fourth-order valence-corrected chi connectivity index (χ4v) is 2.81. The molecule has 0 radical (unpaired) electrons. The first-order chi connectivity index (χ1) is 11.1. The summed E-state index contributed by atoms with van der Waals surface area (Å²) < 4.78 is 7.73. The number of rotatable bonds is 3. The molecule has 0 aliphatic carbocycles. The molecule has 0 aliphatic rings. The fraction of sp³-hybridized carbons (Fsp3) is 0.235. The van der Waals surface area contributed by atoms with Gasteiger partial charge in [-0.15, -0.1) is 0 Å². The van der Waals surface area contributed by atoms with Crippen molar-refractivity contribution < 1.29 is 4.42 Å². The molecule has 4 rings (SSSR count). The minimum atomic E-state index is 0.0423. The summed E-state index contributed by atoms with van der Waals surface area (Å²) in [6.45, 7) is 2.10. The molecule has 0 unspecified atom stereocenters. The number of benzene rings is 1. The van der Waals surface area contributed by atoms with E-state index in [1.165, 1.54) is 0 Å². The Morgan fingerprint density at radius 1 is 1.22 bits per heavy atom. The van der Waals surface area contributed by atoms with Gasteiger partial charge in [-0.05, 0) is 19.1 Å². The van der Waals surface area contributed by atoms with Crippen molar-refractivity contribution >= 4 is 27.8 Å². The zero-order valence-electron chi connectivity index (χ0n) is 13.3. The van der Waals surface area contributed by atoms with Gasteiger partial charge in [0.15, 0.2) is 5.65 Å². The highest BCUT2D eigenvalue weighted by Gasteiger charge is 2.20. The molecular weight excluding hydrogens is 290 g/mol. The van der Waals surface area contributed by atoms with Crippen LogP contribution in [0.4, 0.5) is 5.82 Å². The first kappa shape index (κ1) is 13.8. The van der Waals surface area contributed by atoms with Crippen molar-refractivity contribution in [1.82, 2.24) is 19.7 Å². The lowest BCUT2D eigenvalue weighted by Crippen LogP contribution is -2.22. The number of fused-ring (bicyclic) bond motifs is 2. The third-order valence-electron chi connectivity index (χ3n) is 4.28. The Labute approximate surface area is 133 Å². The number of furan rings is 1. The largest absolute Gasteiger partial charge is 0.459 e. The number of hydrogen-bond acceptors (Lipinski definition) is 5. The number of anilines is 1. The summed E-state index contributed by atoms with van der Waals surface area (Å²) in [5, 5.41) is 6.31. The van der Waals surface area contributed by atoms with E-state index in [1.54, 1.807) is 17.2 Å². The molecule has 0 spiro atoms. The fourth-order valence-electron chi connectivity index (χ4n) is 2.81. The Bertz CT molecular complexity index is 954. The second-order valence-corrected chi connectivity index (χ2v) is 5.68. The normalized spacial score (nSPS) is 12.8. The molecule has 4 aromatic rings. The molecule has 6 nitrogen and oxygen atoms in total. The number of para-hydroxylation sites is 1. The van der Waals surface area contributed by atoms with Gasteiger partial charge in [0, 0.05) is 19.5 Å². The van der Waals surface area contributed by atoms with Crippen LogP contribution in [0, 0.1) is 0 Å². The Morgan fingerprint density at radius 2 is 2.04 bits per heavy atom. The van der Waals surface area contributed by atoms with Gasteiger partial charge in [0.25, 0.3) is 0 Å². The van der Waals surface area contributed by atoms with Gasteiger partial charge < -0.3 is 9.32 Å². The summed E-state index contributed by atoms with van der Waals surface area (Å²) >= 11 is 0. The van der Waals surface area contributed by atoms with E-state index in [0.717, 1.165) is 33.6 Å². The second-order valence-electron chi connectivity index (χ2n) is 5.68. The van der Waals surface area contributed by atoms with Crippen molar-refractivity contribution in [2.75, 3.05) is 11.9 Å². The summed E-state index contributed by atoms with van der Waals surface area (Å²) in [6, 6.07) is 10.2. The summed E-state index contributed by atoms with van der Waals surface area (Å²) in [4.78, 5) is 10.8. The maximum atomic E-state index is 5.98. The molecular formula is C17H17N5O. The highest BCUT2D eigenvalue weighted by molar-refractivity contribution is 5.86. The number of aryl methyl sites for hydroxylation is 1. The lowest BCUT2D eigenvalue weighted by molar-refractivity contribution is 0.501. The third kappa shape index (κ3) is 2.14. The Morgan fingerprint density at radius 3 is 2.87 bits per heavy atom. The van der Waals surface area contributed by atoms with Crippen LogP contribution >= 0.6 is 0 Å². The van der Waals surface area contributed by atoms with Gasteiger partial charge in [-0.2, -0.15) is 5.10 Å². The SMILES string of the molecule is C[C@@H](c1cc2ccccc2o1)N(C)c1ncnc2c1cnn2C. The van der Waals surface area contributed by atoms with Crippen LogP contribution in [0.3, 0.4) is 0 Å². The molecule has 0 bridgehead atoms. The number of nitrogens with zero attached hydrogens (tertiary/aromatic N) is 5. The van der Waals surface area contributed by atoms with Gasteiger partial charge in [0.1, 0.15) is 23.5 Å². The van der Waals surface area contributed by atoms with Crippen LogP contribution in [0.5, 0.6) is 0 Å². The van der Waals surface area contributed by atoms with Crippen LogP contribution in [0.25, 0.3) is 22.0 Å². The van der Waals surface area contributed by atoms with Crippen LogP contribution < -0.4 is 4.90 Å². The third-order valence-corrected chi connectivity index (χ3v) is 4.28. The Balaban J connectivity index is 1.76. The quantitative estimate of drug-likeness (QED) is 0.581. The molecule has 0 aliphatic heterocycles. The Hall–Kier alpha value is -2.89. The van der Waals surface area contributed by atoms with Gasteiger partial charge in [0.05, 0.1) is 17.6 Å². The molecule has 1 aromatic carbocycles. The minimum Gasteiger partial charge on any atom is -0.459 e. The van der Waals surface area contributed by atoms with Crippen LogP contribution in [0.2, 0.25) is 0 Å². The van der Waals surface area contributed by atoms with Gasteiger partial charge in [-0.25, -0.2) is 9.97 Å². The van der Waals surface area contributed by atoms with Crippen molar-refractivity contribution in [3.63, 3.8) is 0 Å². The molecule has 0 saturated carbocycles. The molecule has 6 heteroatoms. The van der Waals surface area contributed by atoms with Crippen LogP contribution in [0.15, 0.2) is 47.3 Å². The predicted molar refractivity (Wildman–Crippen MR) is 89.3 cm³/mol. The molecule has 0 amide bonds. The van der Waals surface area contributed by atoms with Gasteiger partial charge in [-0.3, -0.25) is 4.68 Å². The average molecular weight is 307 g/mol. The van der Waals surface area contributed by atoms with Gasteiger partial charge in [-0.1, -0.05) is 18.2 Å². The zero-order valence-corrected chi connectivity index (χ0v) is 13.3. The van der Waals surface area contributed by atoms with Crippen molar-refractivity contribution in [3.8, 4) is 0 Å². The van der Waals surface area contributed by atoms with E-state index < -0.39 is 0 Å². The summed E-state index contributed by atoms with van der Waals surface area (Å²) in [5.41, 5.74) is 1.72. The number of aromatic nitrogens is 4. The maximum Gasteiger partial charge on any atom is 0.163 e. The molecule has 3 heterocycles. The van der Waals surface area contributed by atoms with E-state index in [2.05, 4.69) is 39.0 Å². The maximum absolute atomic E-state index is 5.98. The molecule has 3 aromatic heterocycles. The first-order valence-electron chi connectivity index (χ1n) is 7.49. The molecule has 0 N–H and O–H groups in total. The van der Waals surface area contributed by atoms with Crippen molar-refractivity contribution in [1.29, 1.82) is 0 Å². The zero-order chi connectivity index (χ0) is 16.0. The highest BCUT2D eigenvalue weighted by atomic mass is 16.3. The second kappa shape index (κ2) is 5.08. The molecule has 23 heavy (non-hydrogen) atoms. The summed E-state index contributed by atoms with van der Waals surface area (Å²) in [7, 11) is 3.88. The van der Waals surface area contributed by atoms with Crippen molar-refractivity contribution in [2.45, 2.75) is 13.0 Å². The standard InChI is InChI=1S/C17H17N5O/c1-11(15-8-12-6-4-5-7-14(12)23-15)21(2)16-13-9-20-22(3)17(13)19-10-18-16/h4-11H,1-3H3/t11-/m0/s1. The van der Waals surface area contributed by atoms with E-state index in [1.807, 2.05) is 32.3 Å². The molecule has 1 atom stereocenters. The van der Waals surface area contributed by atoms with Crippen molar-refractivity contribution in [3.05, 3.63) is 48.6 Å². The van der Waals surface area contributed by atoms with Gasteiger partial charge >= 0.3 is 0 Å². The first-order valence-corrected chi connectivity index (χ1v) is 7.49. The highest BCUT2D eigenvalue weighted by Crippen LogP contribution is 2.31. The summed E-state index contributed by atoms with van der Waals surface area (Å²) in [5.74, 6) is 1.75. The molecule has 0 saturated heterocycles. The van der Waals surface area contributed by atoms with Crippen LogP contribution in [-0.4, -0.2) is 26.8 Å². The predicted octanol–water partition coefficient (Wildman–Crippen LogP) is 3.31. The average Bonchev–Trinajstić information content (AvgIpc) is 3.17. The Kier molecular flexibility index (Phi) is 3.04. The van der Waals surface area contributed by atoms with Crippen LogP contribution in [0.1, 0.15) is 18.7 Å². The lowest BCUT2D eigenvalue weighted by atomic mass is 10.2. The topological polar surface area (TPSA) is 60.0 Å².